The number of nitrogens with zero attached hydrogens (tertiary/aromatic N) is 1. The second-order valence-corrected chi connectivity index (χ2v) is 7.47. The maximum Gasteiger partial charge on any atom is 0.244 e. The predicted molar refractivity (Wildman–Crippen MR) is 93.6 cm³/mol. The number of carbonyl (C=O) groups excluding carboxylic acids is 3. The van der Waals surface area contributed by atoms with Crippen molar-refractivity contribution in [3.8, 4) is 0 Å². The summed E-state index contributed by atoms with van der Waals surface area (Å²) in [4.78, 5) is 39.0. The van der Waals surface area contributed by atoms with Gasteiger partial charge in [-0.2, -0.15) is 0 Å². The van der Waals surface area contributed by atoms with E-state index in [-0.39, 0.29) is 47.9 Å². The lowest BCUT2D eigenvalue weighted by Crippen LogP contribution is -2.38. The lowest BCUT2D eigenvalue weighted by molar-refractivity contribution is -0.142. The van der Waals surface area contributed by atoms with E-state index in [1.807, 2.05) is 32.0 Å². The molecule has 3 amide bonds. The van der Waals surface area contributed by atoms with Gasteiger partial charge in [0.05, 0.1) is 11.8 Å². The third kappa shape index (κ3) is 2.58. The first-order chi connectivity index (χ1) is 12.0. The molecule has 1 aromatic rings. The number of hydrogen-bond donors (Lipinski definition) is 1. The second kappa shape index (κ2) is 5.83. The molecule has 130 valence electrons. The Kier molecular flexibility index (Phi) is 3.74. The molecule has 4 aliphatic rings. The lowest BCUT2D eigenvalue weighted by atomic mass is 9.63. The van der Waals surface area contributed by atoms with Crippen LogP contribution >= 0.6 is 0 Å². The minimum Gasteiger partial charge on any atom is -0.324 e. The number of anilines is 1. The molecule has 2 fully saturated rings. The summed E-state index contributed by atoms with van der Waals surface area (Å²) in [5, 5.41) is 2.82. The normalized spacial score (nSPS) is 29.9. The molecule has 1 aliphatic heterocycles. The smallest absolute Gasteiger partial charge is 0.244 e. The van der Waals surface area contributed by atoms with Crippen LogP contribution in [0.15, 0.2) is 30.4 Å². The quantitative estimate of drug-likeness (QED) is 0.680. The minimum atomic E-state index is -0.326. The van der Waals surface area contributed by atoms with Crippen molar-refractivity contribution in [1.82, 2.24) is 4.90 Å². The van der Waals surface area contributed by atoms with Gasteiger partial charge in [0.2, 0.25) is 17.7 Å². The van der Waals surface area contributed by atoms with Gasteiger partial charge in [-0.05, 0) is 50.2 Å². The van der Waals surface area contributed by atoms with Crippen LogP contribution in [0, 0.1) is 37.5 Å². The van der Waals surface area contributed by atoms with Crippen LogP contribution in [-0.2, 0) is 14.4 Å². The first-order valence-corrected chi connectivity index (χ1v) is 8.86. The molecule has 5 rings (SSSR count). The van der Waals surface area contributed by atoms with E-state index in [4.69, 9.17) is 0 Å². The molecule has 3 aliphatic carbocycles. The van der Waals surface area contributed by atoms with Crippen LogP contribution < -0.4 is 5.32 Å². The molecule has 0 radical (unpaired) electrons. The van der Waals surface area contributed by atoms with Gasteiger partial charge in [-0.25, -0.2) is 0 Å². The Morgan fingerprint density at radius 3 is 2.20 bits per heavy atom. The summed E-state index contributed by atoms with van der Waals surface area (Å²) in [5.74, 6) is -0.893. The topological polar surface area (TPSA) is 66.5 Å². The van der Waals surface area contributed by atoms with Gasteiger partial charge in [-0.1, -0.05) is 29.8 Å². The van der Waals surface area contributed by atoms with Crippen molar-refractivity contribution in [3.05, 3.63) is 41.5 Å². The number of aryl methyl sites for hydroxylation is 2. The Morgan fingerprint density at radius 1 is 1.08 bits per heavy atom. The number of carbonyl (C=O) groups is 3. The number of benzene rings is 1. The molecule has 4 unspecified atom stereocenters. The molecule has 1 saturated carbocycles. The van der Waals surface area contributed by atoms with Gasteiger partial charge in [0.15, 0.2) is 0 Å². The lowest BCUT2D eigenvalue weighted by Gasteiger charge is -2.38. The Bertz CT molecular complexity index is 766. The summed E-state index contributed by atoms with van der Waals surface area (Å²) in [6.07, 6.45) is 6.09. The zero-order valence-electron chi connectivity index (χ0n) is 14.5. The Morgan fingerprint density at radius 2 is 1.68 bits per heavy atom. The SMILES string of the molecule is Cc1ccc(NC(=O)CN2C(=O)C3C4C=CC(CC4)C3C2=O)c(C)c1. The summed E-state index contributed by atoms with van der Waals surface area (Å²) >= 11 is 0. The number of allylic oxidation sites excluding steroid dienone is 2. The summed E-state index contributed by atoms with van der Waals surface area (Å²) in [6.45, 7) is 3.72. The zero-order chi connectivity index (χ0) is 17.7. The number of imide groups is 1. The predicted octanol–water partition coefficient (Wildman–Crippen LogP) is 2.44. The average Bonchev–Trinajstić information content (AvgIpc) is 2.85. The number of fused-ring (bicyclic) bond motifs is 1. The first kappa shape index (κ1) is 16.1. The Balaban J connectivity index is 1.48. The highest BCUT2D eigenvalue weighted by molar-refractivity contribution is 6.09. The number of amides is 3. The molecule has 2 bridgehead atoms. The fourth-order valence-electron chi connectivity index (χ4n) is 4.58. The molecule has 1 heterocycles. The van der Waals surface area contributed by atoms with E-state index in [0.717, 1.165) is 24.0 Å². The third-order valence-electron chi connectivity index (χ3n) is 5.81. The highest BCUT2D eigenvalue weighted by Gasteiger charge is 2.56. The summed E-state index contributed by atoms with van der Waals surface area (Å²) in [5.41, 5.74) is 2.80. The highest BCUT2D eigenvalue weighted by Crippen LogP contribution is 2.49. The largest absolute Gasteiger partial charge is 0.324 e. The maximum absolute atomic E-state index is 12.7. The summed E-state index contributed by atoms with van der Waals surface area (Å²) in [7, 11) is 0. The van der Waals surface area contributed by atoms with Crippen LogP contribution in [0.3, 0.4) is 0 Å². The van der Waals surface area contributed by atoms with Crippen LogP contribution in [0.5, 0.6) is 0 Å². The molecule has 25 heavy (non-hydrogen) atoms. The monoisotopic (exact) mass is 338 g/mol. The van der Waals surface area contributed by atoms with Crippen molar-refractivity contribution in [3.63, 3.8) is 0 Å². The fraction of sp³-hybridized carbons (Fsp3) is 0.450. The van der Waals surface area contributed by atoms with E-state index in [0.29, 0.717) is 5.69 Å². The number of nitrogens with one attached hydrogen (secondary N) is 1. The van der Waals surface area contributed by atoms with Gasteiger partial charge in [0.25, 0.3) is 0 Å². The van der Waals surface area contributed by atoms with Crippen molar-refractivity contribution in [2.75, 3.05) is 11.9 Å². The number of rotatable bonds is 3. The minimum absolute atomic E-state index is 0.152. The standard InChI is InChI=1S/C20H22N2O3/c1-11-3-8-15(12(2)9-11)21-16(23)10-22-19(24)17-13-4-5-14(7-6-13)18(17)20(22)25/h3-5,8-9,13-14,17-18H,6-7,10H2,1-2H3,(H,21,23). The van der Waals surface area contributed by atoms with Crippen LogP contribution in [0.4, 0.5) is 5.69 Å². The molecule has 1 aromatic carbocycles. The van der Waals surface area contributed by atoms with Gasteiger partial charge in [0.1, 0.15) is 6.54 Å². The Labute approximate surface area is 147 Å². The first-order valence-electron chi connectivity index (χ1n) is 8.86. The van der Waals surface area contributed by atoms with E-state index in [1.54, 1.807) is 0 Å². The van der Waals surface area contributed by atoms with Crippen molar-refractivity contribution in [2.45, 2.75) is 26.7 Å². The van der Waals surface area contributed by atoms with Crippen LogP contribution in [-0.4, -0.2) is 29.2 Å². The van der Waals surface area contributed by atoms with E-state index in [1.165, 1.54) is 4.90 Å². The fourth-order valence-corrected chi connectivity index (χ4v) is 4.58. The van der Waals surface area contributed by atoms with E-state index in [2.05, 4.69) is 17.5 Å². The molecule has 1 saturated heterocycles. The Hall–Kier alpha value is -2.43. The van der Waals surface area contributed by atoms with Gasteiger partial charge in [-0.15, -0.1) is 0 Å². The molecule has 4 atom stereocenters. The molecule has 5 heteroatoms. The average molecular weight is 338 g/mol. The molecule has 5 nitrogen and oxygen atoms in total. The van der Waals surface area contributed by atoms with Crippen molar-refractivity contribution in [1.29, 1.82) is 0 Å². The van der Waals surface area contributed by atoms with Crippen LogP contribution in [0.1, 0.15) is 24.0 Å². The summed E-state index contributed by atoms with van der Waals surface area (Å²) in [6, 6.07) is 5.76. The second-order valence-electron chi connectivity index (χ2n) is 7.47. The van der Waals surface area contributed by atoms with Crippen molar-refractivity contribution in [2.24, 2.45) is 23.7 Å². The van der Waals surface area contributed by atoms with Gasteiger partial charge in [-0.3, -0.25) is 19.3 Å². The van der Waals surface area contributed by atoms with Crippen molar-refractivity contribution < 1.29 is 14.4 Å². The molecular weight excluding hydrogens is 316 g/mol. The molecule has 1 N–H and O–H groups in total. The molecular formula is C20H22N2O3. The van der Waals surface area contributed by atoms with Crippen LogP contribution in [0.2, 0.25) is 0 Å². The van der Waals surface area contributed by atoms with Crippen LogP contribution in [0.25, 0.3) is 0 Å². The number of hydrogen-bond acceptors (Lipinski definition) is 3. The van der Waals surface area contributed by atoms with E-state index in [9.17, 15) is 14.4 Å². The van der Waals surface area contributed by atoms with Crippen molar-refractivity contribution >= 4 is 23.4 Å². The highest BCUT2D eigenvalue weighted by atomic mass is 16.2. The zero-order valence-corrected chi connectivity index (χ0v) is 14.5. The van der Waals surface area contributed by atoms with Gasteiger partial charge in [0, 0.05) is 5.69 Å². The maximum atomic E-state index is 12.7. The number of likely N-dealkylation sites (tertiary alicyclic amines) is 1. The third-order valence-corrected chi connectivity index (χ3v) is 5.81. The molecule has 0 aromatic heterocycles. The summed E-state index contributed by atoms with van der Waals surface area (Å²) < 4.78 is 0. The van der Waals surface area contributed by atoms with E-state index >= 15 is 0 Å². The van der Waals surface area contributed by atoms with E-state index < -0.39 is 0 Å². The molecule has 0 spiro atoms. The van der Waals surface area contributed by atoms with Gasteiger partial charge >= 0.3 is 0 Å². The van der Waals surface area contributed by atoms with Gasteiger partial charge < -0.3 is 5.32 Å².